The zero-order valence-electron chi connectivity index (χ0n) is 14.2. The van der Waals surface area contributed by atoms with Crippen LogP contribution in [0.4, 0.5) is 0 Å². The second kappa shape index (κ2) is 7.26. The summed E-state index contributed by atoms with van der Waals surface area (Å²) in [5, 5.41) is 10.4. The lowest BCUT2D eigenvalue weighted by Crippen LogP contribution is -2.06. The molecule has 0 aliphatic rings. The van der Waals surface area contributed by atoms with Crippen LogP contribution in [0.1, 0.15) is 24.5 Å². The molecule has 2 aromatic heterocycles. The van der Waals surface area contributed by atoms with Gasteiger partial charge in [-0.15, -0.1) is 0 Å². The second-order valence-corrected chi connectivity index (χ2v) is 5.80. The maximum absolute atomic E-state index is 12.2. The van der Waals surface area contributed by atoms with Gasteiger partial charge >= 0.3 is 11.9 Å². The summed E-state index contributed by atoms with van der Waals surface area (Å²) in [4.78, 5) is 40.3. The van der Waals surface area contributed by atoms with Gasteiger partial charge in [-0.05, 0) is 42.7 Å². The molecule has 3 N–H and O–H groups in total. The molecular weight excluding hydrogens is 336 g/mol. The molecule has 0 bridgehead atoms. The van der Waals surface area contributed by atoms with Crippen LogP contribution in [0.25, 0.3) is 27.9 Å². The molecule has 0 radical (unpaired) electrons. The number of nitrogens with one attached hydrogen (secondary N) is 2. The van der Waals surface area contributed by atoms with Crippen molar-refractivity contribution in [2.75, 3.05) is 6.61 Å². The average Bonchev–Trinajstić information content (AvgIpc) is 3.04. The van der Waals surface area contributed by atoms with Crippen LogP contribution >= 0.6 is 0 Å². The average molecular weight is 354 g/mol. The molecule has 0 saturated heterocycles. The summed E-state index contributed by atoms with van der Waals surface area (Å²) in [7, 11) is 0. The minimum absolute atomic E-state index is 0.0241. The summed E-state index contributed by atoms with van der Waals surface area (Å²) in [6, 6.07) is 5.39. The zero-order chi connectivity index (χ0) is 18.7. The quantitative estimate of drug-likeness (QED) is 0.465. The molecule has 1 aromatic carbocycles. The van der Waals surface area contributed by atoms with Crippen LogP contribution < -0.4 is 5.56 Å². The highest BCUT2D eigenvalue weighted by Crippen LogP contribution is 2.26. The van der Waals surface area contributed by atoms with E-state index in [1.165, 1.54) is 6.08 Å². The van der Waals surface area contributed by atoms with Gasteiger partial charge in [-0.1, -0.05) is 6.07 Å². The Hall–Kier alpha value is -3.35. The van der Waals surface area contributed by atoms with E-state index >= 15 is 0 Å². The molecule has 7 nitrogen and oxygen atoms in total. The number of benzene rings is 1. The standard InChI is InChI=1S/C19H18N2O5/c1-2-26-16(24)8-4-11-3-6-14-13(9-11)17-12(5-7-15(22)23)10-20-18(17)19(25)21-14/h3-4,6,8-10,20H,2,5,7H2,1H3,(H,21,25)(H,22,23). The predicted octanol–water partition coefficient (Wildman–Crippen LogP) is 2.60. The van der Waals surface area contributed by atoms with Crippen LogP contribution in [0, 0.1) is 0 Å². The van der Waals surface area contributed by atoms with Gasteiger partial charge in [-0.25, -0.2) is 4.79 Å². The molecule has 26 heavy (non-hydrogen) atoms. The first-order valence-corrected chi connectivity index (χ1v) is 8.22. The Morgan fingerprint density at radius 1 is 1.31 bits per heavy atom. The van der Waals surface area contributed by atoms with Crippen LogP contribution in [0.2, 0.25) is 0 Å². The molecule has 0 amide bonds. The molecule has 0 spiro atoms. The summed E-state index contributed by atoms with van der Waals surface area (Å²) in [5.41, 5.74) is 2.33. The highest BCUT2D eigenvalue weighted by atomic mass is 16.5. The summed E-state index contributed by atoms with van der Waals surface area (Å²) in [5.74, 6) is -1.32. The van der Waals surface area contributed by atoms with Crippen molar-refractivity contribution in [3.05, 3.63) is 52.0 Å². The number of carboxylic acid groups (broad SMARTS) is 1. The lowest BCUT2D eigenvalue weighted by Gasteiger charge is -2.04. The number of aromatic amines is 2. The topological polar surface area (TPSA) is 112 Å². The Morgan fingerprint density at radius 3 is 2.85 bits per heavy atom. The van der Waals surface area contributed by atoms with E-state index in [9.17, 15) is 14.4 Å². The molecule has 0 aliphatic heterocycles. The molecule has 0 atom stereocenters. The minimum atomic E-state index is -0.897. The molecule has 0 saturated carbocycles. The van der Waals surface area contributed by atoms with Gasteiger partial charge in [0.25, 0.3) is 5.56 Å². The lowest BCUT2D eigenvalue weighted by molar-refractivity contribution is -0.138. The number of hydrogen-bond donors (Lipinski definition) is 3. The van der Waals surface area contributed by atoms with E-state index in [-0.39, 0.29) is 12.0 Å². The monoisotopic (exact) mass is 354 g/mol. The third kappa shape index (κ3) is 3.51. The summed E-state index contributed by atoms with van der Waals surface area (Å²) in [6.45, 7) is 2.04. The van der Waals surface area contributed by atoms with Crippen molar-refractivity contribution < 1.29 is 19.4 Å². The smallest absolute Gasteiger partial charge is 0.330 e. The van der Waals surface area contributed by atoms with Gasteiger partial charge in [0.05, 0.1) is 6.61 Å². The van der Waals surface area contributed by atoms with Crippen LogP contribution in [0.15, 0.2) is 35.3 Å². The van der Waals surface area contributed by atoms with Gasteiger partial charge in [-0.3, -0.25) is 9.59 Å². The molecule has 0 fully saturated rings. The van der Waals surface area contributed by atoms with Gasteiger partial charge in [0.2, 0.25) is 0 Å². The molecule has 134 valence electrons. The first kappa shape index (κ1) is 17.5. The number of hydrogen-bond acceptors (Lipinski definition) is 4. The molecular formula is C19H18N2O5. The Bertz CT molecular complexity index is 1070. The molecule has 2 heterocycles. The number of carbonyl (C=O) groups is 2. The zero-order valence-corrected chi connectivity index (χ0v) is 14.2. The van der Waals surface area contributed by atoms with Gasteiger partial charge in [0.1, 0.15) is 5.52 Å². The van der Waals surface area contributed by atoms with Gasteiger partial charge < -0.3 is 19.8 Å². The Balaban J connectivity index is 2.11. The second-order valence-electron chi connectivity index (χ2n) is 5.80. The fraction of sp³-hybridized carbons (Fsp3) is 0.211. The van der Waals surface area contributed by atoms with E-state index in [4.69, 9.17) is 9.84 Å². The Labute approximate surface area is 148 Å². The number of aromatic nitrogens is 2. The number of carbonyl (C=O) groups excluding carboxylic acids is 1. The fourth-order valence-electron chi connectivity index (χ4n) is 2.91. The molecule has 3 rings (SSSR count). The Kier molecular flexibility index (Phi) is 4.88. The van der Waals surface area contributed by atoms with Crippen molar-refractivity contribution in [3.8, 4) is 0 Å². The van der Waals surface area contributed by atoms with E-state index in [1.807, 2.05) is 6.07 Å². The molecule has 0 unspecified atom stereocenters. The normalized spacial score (nSPS) is 11.4. The van der Waals surface area contributed by atoms with E-state index < -0.39 is 11.9 Å². The number of aliphatic carboxylic acids is 1. The number of esters is 1. The highest BCUT2D eigenvalue weighted by Gasteiger charge is 2.13. The van der Waals surface area contributed by atoms with Gasteiger partial charge in [0.15, 0.2) is 0 Å². The highest BCUT2D eigenvalue weighted by molar-refractivity contribution is 6.07. The molecule has 0 aliphatic carbocycles. The number of H-pyrrole nitrogens is 2. The maximum Gasteiger partial charge on any atom is 0.330 e. The molecule has 3 aromatic rings. The lowest BCUT2D eigenvalue weighted by atomic mass is 10.0. The van der Waals surface area contributed by atoms with Crippen LogP contribution in [-0.2, 0) is 20.7 Å². The number of rotatable bonds is 6. The first-order chi connectivity index (χ1) is 12.5. The number of pyridine rings is 1. The Morgan fingerprint density at radius 2 is 2.12 bits per heavy atom. The van der Waals surface area contributed by atoms with Crippen molar-refractivity contribution in [3.63, 3.8) is 0 Å². The van der Waals surface area contributed by atoms with Gasteiger partial charge in [0, 0.05) is 35.0 Å². The fourth-order valence-corrected chi connectivity index (χ4v) is 2.91. The van der Waals surface area contributed by atoms with Gasteiger partial charge in [-0.2, -0.15) is 0 Å². The summed E-state index contributed by atoms with van der Waals surface area (Å²) < 4.78 is 4.86. The van der Waals surface area contributed by atoms with Crippen molar-refractivity contribution in [2.24, 2.45) is 0 Å². The number of aryl methyl sites for hydroxylation is 1. The maximum atomic E-state index is 12.2. The third-order valence-electron chi connectivity index (χ3n) is 4.06. The SMILES string of the molecule is CCOC(=O)C=Cc1ccc2[nH]c(=O)c3[nH]cc(CCC(=O)O)c3c2c1. The van der Waals surface area contributed by atoms with E-state index in [1.54, 1.807) is 31.3 Å². The minimum Gasteiger partial charge on any atom is -0.481 e. The van der Waals surface area contributed by atoms with Crippen LogP contribution in [0.3, 0.4) is 0 Å². The van der Waals surface area contributed by atoms with Crippen molar-refractivity contribution in [2.45, 2.75) is 19.8 Å². The largest absolute Gasteiger partial charge is 0.481 e. The van der Waals surface area contributed by atoms with Crippen molar-refractivity contribution in [1.29, 1.82) is 0 Å². The van der Waals surface area contributed by atoms with Crippen molar-refractivity contribution >= 4 is 39.8 Å². The van der Waals surface area contributed by atoms with E-state index in [0.717, 1.165) is 16.5 Å². The summed E-state index contributed by atoms with van der Waals surface area (Å²) >= 11 is 0. The number of fused-ring (bicyclic) bond motifs is 3. The van der Waals surface area contributed by atoms with Crippen LogP contribution in [-0.4, -0.2) is 33.6 Å². The first-order valence-electron chi connectivity index (χ1n) is 8.22. The van der Waals surface area contributed by atoms with E-state index in [2.05, 4.69) is 9.97 Å². The van der Waals surface area contributed by atoms with E-state index in [0.29, 0.717) is 29.4 Å². The van der Waals surface area contributed by atoms with Crippen LogP contribution in [0.5, 0.6) is 0 Å². The summed E-state index contributed by atoms with van der Waals surface area (Å²) in [6.07, 6.45) is 4.94. The predicted molar refractivity (Wildman–Crippen MR) is 98.0 cm³/mol. The number of ether oxygens (including phenoxy) is 1. The van der Waals surface area contributed by atoms with Crippen molar-refractivity contribution in [1.82, 2.24) is 9.97 Å². The molecule has 7 heteroatoms. The number of carboxylic acids is 1. The third-order valence-corrected chi connectivity index (χ3v) is 4.06.